The molecule has 0 atom stereocenters. The smallest absolute Gasteiger partial charge is 0.354 e. The summed E-state index contributed by atoms with van der Waals surface area (Å²) in [7, 11) is 0. The van der Waals surface area contributed by atoms with Crippen molar-refractivity contribution in [1.29, 1.82) is 0 Å². The summed E-state index contributed by atoms with van der Waals surface area (Å²) in [5.41, 5.74) is 1.32. The van der Waals surface area contributed by atoms with Gasteiger partial charge in [-0.2, -0.15) is 0 Å². The molecule has 2 heterocycles. The molecule has 0 amide bonds. The van der Waals surface area contributed by atoms with E-state index in [0.29, 0.717) is 24.5 Å². The Hall–Kier alpha value is -2.80. The highest BCUT2D eigenvalue weighted by atomic mass is 16.4. The number of carboxylic acids is 2. The van der Waals surface area contributed by atoms with Crippen molar-refractivity contribution in [2.45, 2.75) is 26.4 Å². The van der Waals surface area contributed by atoms with Crippen molar-refractivity contribution in [3.05, 3.63) is 59.2 Å². The van der Waals surface area contributed by atoms with Crippen molar-refractivity contribution >= 4 is 11.9 Å². The molecule has 0 spiro atoms. The molecule has 0 fully saturated rings. The summed E-state index contributed by atoms with van der Waals surface area (Å²) < 4.78 is 0. The van der Waals surface area contributed by atoms with Crippen molar-refractivity contribution in [1.82, 2.24) is 14.9 Å². The number of hydrogen-bond acceptors (Lipinski definition) is 5. The third-order valence-corrected chi connectivity index (χ3v) is 3.36. The Morgan fingerprint density at radius 1 is 0.917 bits per heavy atom. The summed E-state index contributed by atoms with van der Waals surface area (Å²) in [6.45, 7) is 3.73. The Kier molecular flexibility index (Phi) is 5.97. The number of hydrogen-bond donors (Lipinski definition) is 2. The molecule has 7 heteroatoms. The molecular weight excluding hydrogens is 310 g/mol. The van der Waals surface area contributed by atoms with E-state index in [1.165, 1.54) is 12.1 Å². The predicted octanol–water partition coefficient (Wildman–Crippen LogP) is 2.29. The number of nitrogens with zero attached hydrogens (tertiary/aromatic N) is 3. The standard InChI is InChI=1S/C17H19N3O4/c1-2-9-20(10-12-5-3-7-14(18-12)16(21)22)11-13-6-4-8-15(19-13)17(23)24/h3-8H,2,9-11H2,1H3,(H,21,22)(H,23,24). The molecule has 0 aliphatic carbocycles. The lowest BCUT2D eigenvalue weighted by atomic mass is 10.2. The highest BCUT2D eigenvalue weighted by Crippen LogP contribution is 2.10. The van der Waals surface area contributed by atoms with Gasteiger partial charge in [-0.1, -0.05) is 19.1 Å². The number of aromatic carboxylic acids is 2. The monoisotopic (exact) mass is 329 g/mol. The lowest BCUT2D eigenvalue weighted by Gasteiger charge is -2.21. The fourth-order valence-corrected chi connectivity index (χ4v) is 2.36. The highest BCUT2D eigenvalue weighted by Gasteiger charge is 2.12. The third kappa shape index (κ3) is 4.85. The molecular formula is C17H19N3O4. The molecule has 126 valence electrons. The Bertz CT molecular complexity index is 674. The third-order valence-electron chi connectivity index (χ3n) is 3.36. The van der Waals surface area contributed by atoms with E-state index in [1.807, 2.05) is 6.92 Å². The van der Waals surface area contributed by atoms with Crippen LogP contribution in [0.5, 0.6) is 0 Å². The molecule has 0 aliphatic heterocycles. The van der Waals surface area contributed by atoms with E-state index < -0.39 is 11.9 Å². The molecule has 0 unspecified atom stereocenters. The number of pyridine rings is 2. The van der Waals surface area contributed by atoms with Gasteiger partial charge in [0.25, 0.3) is 0 Å². The van der Waals surface area contributed by atoms with Gasteiger partial charge in [-0.05, 0) is 37.2 Å². The van der Waals surface area contributed by atoms with Crippen LogP contribution in [0.4, 0.5) is 0 Å². The maximum atomic E-state index is 11.0. The highest BCUT2D eigenvalue weighted by molar-refractivity contribution is 5.85. The van der Waals surface area contributed by atoms with Gasteiger partial charge >= 0.3 is 11.9 Å². The van der Waals surface area contributed by atoms with Crippen LogP contribution in [0.1, 0.15) is 45.7 Å². The second-order valence-corrected chi connectivity index (χ2v) is 5.35. The van der Waals surface area contributed by atoms with Crippen LogP contribution in [0.3, 0.4) is 0 Å². The van der Waals surface area contributed by atoms with Gasteiger partial charge in [-0.3, -0.25) is 4.90 Å². The minimum absolute atomic E-state index is 0.00921. The summed E-state index contributed by atoms with van der Waals surface area (Å²) in [6, 6.07) is 9.78. The Morgan fingerprint density at radius 3 is 1.75 bits per heavy atom. The Balaban J connectivity index is 2.14. The zero-order valence-electron chi connectivity index (χ0n) is 13.3. The average Bonchev–Trinajstić information content (AvgIpc) is 2.55. The predicted molar refractivity (Wildman–Crippen MR) is 86.8 cm³/mol. The molecule has 2 rings (SSSR count). The molecule has 0 saturated carbocycles. The topological polar surface area (TPSA) is 104 Å². The molecule has 0 aliphatic rings. The maximum absolute atomic E-state index is 11.0. The van der Waals surface area contributed by atoms with Gasteiger partial charge in [0.2, 0.25) is 0 Å². The number of rotatable bonds is 8. The van der Waals surface area contributed by atoms with Crippen LogP contribution in [-0.4, -0.2) is 43.6 Å². The number of aromatic nitrogens is 2. The van der Waals surface area contributed by atoms with E-state index in [2.05, 4.69) is 14.9 Å². The van der Waals surface area contributed by atoms with Gasteiger partial charge < -0.3 is 10.2 Å². The molecule has 0 saturated heterocycles. The van der Waals surface area contributed by atoms with Crippen LogP contribution in [0.15, 0.2) is 36.4 Å². The number of carboxylic acid groups (broad SMARTS) is 2. The Labute approximate surface area is 139 Å². The minimum atomic E-state index is -1.06. The van der Waals surface area contributed by atoms with Crippen LogP contribution in [0.2, 0.25) is 0 Å². The van der Waals surface area contributed by atoms with Crippen LogP contribution < -0.4 is 0 Å². The fraction of sp³-hybridized carbons (Fsp3) is 0.294. The summed E-state index contributed by atoms with van der Waals surface area (Å²) in [5.74, 6) is -2.12. The summed E-state index contributed by atoms with van der Waals surface area (Å²) in [6.07, 6.45) is 0.900. The first-order valence-electron chi connectivity index (χ1n) is 7.60. The average molecular weight is 329 g/mol. The molecule has 2 aromatic heterocycles. The molecule has 24 heavy (non-hydrogen) atoms. The van der Waals surface area contributed by atoms with Gasteiger partial charge in [0.15, 0.2) is 0 Å². The summed E-state index contributed by atoms with van der Waals surface area (Å²) >= 11 is 0. The second kappa shape index (κ2) is 8.16. The van der Waals surface area contributed by atoms with E-state index in [0.717, 1.165) is 13.0 Å². The van der Waals surface area contributed by atoms with Crippen LogP contribution in [0.25, 0.3) is 0 Å². The zero-order valence-corrected chi connectivity index (χ0v) is 13.3. The van der Waals surface area contributed by atoms with Gasteiger partial charge in [0.05, 0.1) is 11.4 Å². The quantitative estimate of drug-likeness (QED) is 0.765. The normalized spacial score (nSPS) is 10.8. The van der Waals surface area contributed by atoms with Crippen molar-refractivity contribution in [2.75, 3.05) is 6.54 Å². The molecule has 2 N–H and O–H groups in total. The lowest BCUT2D eigenvalue weighted by molar-refractivity contribution is 0.0679. The number of carbonyl (C=O) groups is 2. The van der Waals surface area contributed by atoms with Gasteiger partial charge in [-0.25, -0.2) is 19.6 Å². The fourth-order valence-electron chi connectivity index (χ4n) is 2.36. The van der Waals surface area contributed by atoms with E-state index in [4.69, 9.17) is 10.2 Å². The van der Waals surface area contributed by atoms with Crippen LogP contribution >= 0.6 is 0 Å². The molecule has 0 radical (unpaired) electrons. The molecule has 0 bridgehead atoms. The van der Waals surface area contributed by atoms with Crippen molar-refractivity contribution in [2.24, 2.45) is 0 Å². The van der Waals surface area contributed by atoms with Gasteiger partial charge in [0.1, 0.15) is 11.4 Å². The first-order valence-corrected chi connectivity index (χ1v) is 7.60. The van der Waals surface area contributed by atoms with Crippen LogP contribution in [-0.2, 0) is 13.1 Å². The SMILES string of the molecule is CCCN(Cc1cccc(C(=O)O)n1)Cc1cccc(C(=O)O)n1. The van der Waals surface area contributed by atoms with Gasteiger partial charge in [-0.15, -0.1) is 0 Å². The molecule has 7 nitrogen and oxygen atoms in total. The van der Waals surface area contributed by atoms with E-state index in [1.54, 1.807) is 24.3 Å². The van der Waals surface area contributed by atoms with E-state index >= 15 is 0 Å². The lowest BCUT2D eigenvalue weighted by Crippen LogP contribution is -2.25. The molecule has 2 aromatic rings. The maximum Gasteiger partial charge on any atom is 0.354 e. The largest absolute Gasteiger partial charge is 0.477 e. The Morgan fingerprint density at radius 2 is 1.38 bits per heavy atom. The van der Waals surface area contributed by atoms with E-state index in [9.17, 15) is 9.59 Å². The summed E-state index contributed by atoms with van der Waals surface area (Å²) in [5, 5.41) is 18.0. The zero-order chi connectivity index (χ0) is 17.5. The van der Waals surface area contributed by atoms with Crippen molar-refractivity contribution in [3.8, 4) is 0 Å². The first kappa shape index (κ1) is 17.6. The van der Waals surface area contributed by atoms with Crippen LogP contribution in [0, 0.1) is 0 Å². The second-order valence-electron chi connectivity index (χ2n) is 5.35. The summed E-state index contributed by atoms with van der Waals surface area (Å²) in [4.78, 5) is 32.3. The van der Waals surface area contributed by atoms with Crippen molar-refractivity contribution < 1.29 is 19.8 Å². The molecule has 0 aromatic carbocycles. The van der Waals surface area contributed by atoms with E-state index in [-0.39, 0.29) is 11.4 Å². The minimum Gasteiger partial charge on any atom is -0.477 e. The van der Waals surface area contributed by atoms with Gasteiger partial charge in [0, 0.05) is 13.1 Å². The van der Waals surface area contributed by atoms with Crippen molar-refractivity contribution in [3.63, 3.8) is 0 Å². The first-order chi connectivity index (χ1) is 11.5.